The molecule has 1 atom stereocenters. The van der Waals surface area contributed by atoms with E-state index in [1.165, 1.54) is 0 Å². The van der Waals surface area contributed by atoms with E-state index in [-0.39, 0.29) is 29.8 Å². The molecular weight excluding hydrogens is 471 g/mol. The molecule has 0 heterocycles. The van der Waals surface area contributed by atoms with Crippen molar-refractivity contribution in [2.75, 3.05) is 0 Å². The minimum absolute atomic E-state index is 0. The maximum atomic E-state index is 9.48. The molecule has 2 rings (SSSR count). The second-order valence-corrected chi connectivity index (χ2v) is 21.7. The van der Waals surface area contributed by atoms with E-state index in [4.69, 9.17) is 0 Å². The fourth-order valence-corrected chi connectivity index (χ4v) is 5.11. The van der Waals surface area contributed by atoms with Gasteiger partial charge in [0.2, 0.25) is 0 Å². The van der Waals surface area contributed by atoms with Gasteiger partial charge in [0, 0.05) is 17.4 Å². The fraction of sp³-hybridized carbons (Fsp3) is 0.455. The number of benzene rings is 2. The summed E-state index contributed by atoms with van der Waals surface area (Å²) in [6.07, 6.45) is 0. The fourth-order valence-electron chi connectivity index (χ4n) is 2.22. The zero-order valence-electron chi connectivity index (χ0n) is 19.4. The number of rotatable bonds is 2. The quantitative estimate of drug-likeness (QED) is 0.387. The van der Waals surface area contributed by atoms with Gasteiger partial charge < -0.3 is 10.2 Å². The van der Waals surface area contributed by atoms with Gasteiger partial charge in [-0.05, 0) is 27.7 Å². The van der Waals surface area contributed by atoms with Gasteiger partial charge in [-0.15, -0.1) is 21.6 Å². The Morgan fingerprint density at radius 2 is 0.862 bits per heavy atom. The Hall–Kier alpha value is -0.274. The molecule has 0 fully saturated rings. The van der Waals surface area contributed by atoms with Crippen molar-refractivity contribution < 1.29 is 27.6 Å². The summed E-state index contributed by atoms with van der Waals surface area (Å²) in [5.41, 5.74) is 0. The maximum absolute atomic E-state index is 9.48. The molecule has 1 unspecified atom stereocenters. The van der Waals surface area contributed by atoms with Crippen LogP contribution < -0.4 is 10.4 Å². The number of para-hydroxylation sites is 2. The van der Waals surface area contributed by atoms with Crippen molar-refractivity contribution in [1.29, 1.82) is 0 Å². The topological polar surface area (TPSA) is 40.5 Å². The van der Waals surface area contributed by atoms with Gasteiger partial charge >= 0.3 is 0 Å². The van der Waals surface area contributed by atoms with E-state index in [1.54, 1.807) is 12.1 Å². The Labute approximate surface area is 200 Å². The molecule has 0 bridgehead atoms. The summed E-state index contributed by atoms with van der Waals surface area (Å²) in [6.45, 7) is 19.8. The first-order valence-electron chi connectivity index (χ1n) is 9.39. The number of phenolic OH excluding ortho intramolecular Hbond substituents is 2. The van der Waals surface area contributed by atoms with E-state index in [0.29, 0.717) is 16.7 Å². The molecule has 7 heteroatoms. The van der Waals surface area contributed by atoms with Gasteiger partial charge in [0.1, 0.15) is 11.5 Å². The molecule has 0 aliphatic rings. The van der Waals surface area contributed by atoms with Gasteiger partial charge in [-0.3, -0.25) is 0 Å². The Morgan fingerprint density at radius 1 is 0.655 bits per heavy atom. The van der Waals surface area contributed by atoms with Crippen LogP contribution in [0.5, 0.6) is 11.5 Å². The molecule has 2 aromatic rings. The zero-order chi connectivity index (χ0) is 21.5. The van der Waals surface area contributed by atoms with Crippen LogP contribution in [0.3, 0.4) is 0 Å². The van der Waals surface area contributed by atoms with E-state index in [9.17, 15) is 10.2 Å². The first kappa shape index (κ1) is 33.4. The Morgan fingerprint density at radius 3 is 1.00 bits per heavy atom. The molecule has 0 aromatic heterocycles. The standard InChI is InChI=1S/2C9H14OSi.C4H11P.ClH.Cr/c2*1-11(2,3)9-7-5-4-6-8(9)10;1-4(2,3)5;;/h2*4-7,10H,1-3H3;5H2,1-3H3;1H;. The molecule has 0 radical (unpaired) electrons. The Balaban J connectivity index is -0.000000361. The summed E-state index contributed by atoms with van der Waals surface area (Å²) in [5, 5.41) is 21.7. The van der Waals surface area contributed by atoms with E-state index in [2.05, 4.69) is 69.3 Å². The second-order valence-electron chi connectivity index (χ2n) is 9.90. The van der Waals surface area contributed by atoms with Crippen LogP contribution in [-0.2, 0) is 17.4 Å². The summed E-state index contributed by atoms with van der Waals surface area (Å²) in [5.74, 6) is 0.901. The molecule has 0 amide bonds. The molecule has 0 saturated carbocycles. The van der Waals surface area contributed by atoms with E-state index in [1.807, 2.05) is 36.4 Å². The van der Waals surface area contributed by atoms with E-state index in [0.717, 1.165) is 10.4 Å². The predicted octanol–water partition coefficient (Wildman–Crippen LogP) is 5.95. The average Bonchev–Trinajstić information content (AvgIpc) is 2.44. The molecule has 166 valence electrons. The van der Waals surface area contributed by atoms with E-state index >= 15 is 0 Å². The molecule has 0 aliphatic carbocycles. The molecule has 2 aromatic carbocycles. The largest absolute Gasteiger partial charge is 0.508 e. The third-order valence-electron chi connectivity index (χ3n) is 3.42. The molecule has 0 spiro atoms. The van der Waals surface area contributed by atoms with Crippen LogP contribution in [0.25, 0.3) is 0 Å². The van der Waals surface area contributed by atoms with Crippen LogP contribution >= 0.6 is 21.6 Å². The van der Waals surface area contributed by atoms with E-state index < -0.39 is 16.1 Å². The number of halogens is 1. The molecule has 0 saturated heterocycles. The Bertz CT molecular complexity index is 647. The van der Waals surface area contributed by atoms with Gasteiger partial charge in [0.15, 0.2) is 0 Å². The third kappa shape index (κ3) is 16.1. The van der Waals surface area contributed by atoms with Gasteiger partial charge in [0.05, 0.1) is 16.1 Å². The summed E-state index contributed by atoms with van der Waals surface area (Å²) < 4.78 is 0. The SMILES string of the molecule is CC(C)(C)P.C[Si](C)(C)c1ccccc1O.C[Si](C)(C)c1ccccc1O.Cl.[Cr]. The minimum Gasteiger partial charge on any atom is -0.508 e. The molecule has 2 nitrogen and oxygen atoms in total. The van der Waals surface area contributed by atoms with Gasteiger partial charge in [-0.2, -0.15) is 0 Å². The average molecular weight is 511 g/mol. The predicted molar refractivity (Wildman–Crippen MR) is 139 cm³/mol. The number of phenols is 2. The second kappa shape index (κ2) is 13.9. The van der Waals surface area contributed by atoms with Crippen molar-refractivity contribution in [1.82, 2.24) is 0 Å². The van der Waals surface area contributed by atoms with Gasteiger partial charge in [-0.1, -0.05) is 96.5 Å². The molecule has 2 N–H and O–H groups in total. The number of hydrogen-bond donors (Lipinski definition) is 2. The van der Waals surface area contributed by atoms with Crippen LogP contribution in [0.4, 0.5) is 0 Å². The summed E-state index contributed by atoms with van der Waals surface area (Å²) >= 11 is 0. The van der Waals surface area contributed by atoms with Crippen molar-refractivity contribution in [3.8, 4) is 11.5 Å². The first-order chi connectivity index (χ1) is 12.0. The van der Waals surface area contributed by atoms with Crippen molar-refractivity contribution in [3.05, 3.63) is 48.5 Å². The smallest absolute Gasteiger partial charge is 0.114 e. The number of hydrogen-bond acceptors (Lipinski definition) is 2. The van der Waals surface area contributed by atoms with Gasteiger partial charge in [0.25, 0.3) is 0 Å². The molecule has 0 aliphatic heterocycles. The van der Waals surface area contributed by atoms with Crippen LogP contribution in [-0.4, -0.2) is 31.5 Å². The van der Waals surface area contributed by atoms with Crippen molar-refractivity contribution in [2.45, 2.75) is 65.2 Å². The first-order valence-corrected chi connectivity index (χ1v) is 17.0. The van der Waals surface area contributed by atoms with Crippen LogP contribution in [0.2, 0.25) is 39.3 Å². The van der Waals surface area contributed by atoms with Crippen molar-refractivity contribution >= 4 is 48.2 Å². The normalized spacial score (nSPS) is 10.8. The monoisotopic (exact) mass is 510 g/mol. The Kier molecular flexibility index (Phi) is 16.0. The van der Waals surface area contributed by atoms with Crippen molar-refractivity contribution in [3.63, 3.8) is 0 Å². The van der Waals surface area contributed by atoms with Gasteiger partial charge in [-0.25, -0.2) is 0 Å². The third-order valence-corrected chi connectivity index (χ3v) is 7.50. The molecular formula is C22H40ClCrO2PSi2. The van der Waals surface area contributed by atoms with Crippen LogP contribution in [0.15, 0.2) is 48.5 Å². The summed E-state index contributed by atoms with van der Waals surface area (Å²) in [6, 6.07) is 15.2. The minimum atomic E-state index is -1.33. The summed E-state index contributed by atoms with van der Waals surface area (Å²) in [7, 11) is 0.0595. The zero-order valence-corrected chi connectivity index (χ0v) is 24.7. The number of aromatic hydroxyl groups is 2. The summed E-state index contributed by atoms with van der Waals surface area (Å²) in [4.78, 5) is 0. The van der Waals surface area contributed by atoms with Crippen LogP contribution in [0, 0.1) is 0 Å². The van der Waals surface area contributed by atoms with Crippen molar-refractivity contribution in [2.24, 2.45) is 0 Å². The molecule has 29 heavy (non-hydrogen) atoms. The van der Waals surface area contributed by atoms with Crippen LogP contribution in [0.1, 0.15) is 20.8 Å². The maximum Gasteiger partial charge on any atom is 0.114 e.